The number of ether oxygens (including phenoxy) is 1. The maximum absolute atomic E-state index is 13.2. The van der Waals surface area contributed by atoms with Crippen molar-refractivity contribution in [3.05, 3.63) is 83.9 Å². The molecule has 0 aliphatic carbocycles. The van der Waals surface area contributed by atoms with Crippen molar-refractivity contribution in [3.63, 3.8) is 0 Å². The maximum Gasteiger partial charge on any atom is 0.343 e. The quantitative estimate of drug-likeness (QED) is 0.200. The third-order valence-electron chi connectivity index (χ3n) is 5.88. The Morgan fingerprint density at radius 3 is 2.25 bits per heavy atom. The molecule has 0 fully saturated rings. The molecule has 0 aliphatic heterocycles. The summed E-state index contributed by atoms with van der Waals surface area (Å²) in [5.74, 6) is -0.137. The van der Waals surface area contributed by atoms with Crippen LogP contribution >= 0.6 is 11.3 Å². The van der Waals surface area contributed by atoms with Gasteiger partial charge in [-0.15, -0.1) is 0 Å². The van der Waals surface area contributed by atoms with Crippen LogP contribution < -0.4 is 9.64 Å². The number of hydrogen-bond acceptors (Lipinski definition) is 7. The topological polar surface area (TPSA) is 79.8 Å². The maximum atomic E-state index is 13.2. The zero-order valence-corrected chi connectivity index (χ0v) is 22.2. The summed E-state index contributed by atoms with van der Waals surface area (Å²) < 4.78 is 34.2. The molecule has 0 aliphatic rings. The van der Waals surface area contributed by atoms with Gasteiger partial charge in [0, 0.05) is 32.2 Å². The van der Waals surface area contributed by atoms with Gasteiger partial charge in [0.2, 0.25) is 10.0 Å². The molecular weight excluding hydrogens is 494 g/mol. The number of hydrogen-bond donors (Lipinski definition) is 0. The number of carbonyl (C=O) groups excluding carboxylic acids is 1. The van der Waals surface area contributed by atoms with E-state index in [-0.39, 0.29) is 17.0 Å². The van der Waals surface area contributed by atoms with Gasteiger partial charge in [0.1, 0.15) is 5.75 Å². The average molecular weight is 524 g/mol. The van der Waals surface area contributed by atoms with E-state index in [0.717, 1.165) is 34.0 Å². The Morgan fingerprint density at radius 1 is 0.917 bits per heavy atom. The first kappa shape index (κ1) is 25.8. The molecule has 0 N–H and O–H groups in total. The summed E-state index contributed by atoms with van der Waals surface area (Å²) in [5, 5.41) is 0.934. The Balaban J connectivity index is 1.48. The SMILES string of the molecule is CCN(CC)c1nc2ccc(OC(=O)c3ccc(S(=O)(=O)N(CC)Cc4ccccc4)cc3)cc2s1. The largest absolute Gasteiger partial charge is 0.423 e. The van der Waals surface area contributed by atoms with E-state index in [1.54, 1.807) is 30.4 Å². The van der Waals surface area contributed by atoms with Crippen LogP contribution in [0.15, 0.2) is 77.7 Å². The first-order valence-electron chi connectivity index (χ1n) is 11.9. The van der Waals surface area contributed by atoms with Gasteiger partial charge < -0.3 is 9.64 Å². The Labute approximate surface area is 216 Å². The predicted molar refractivity (Wildman–Crippen MR) is 144 cm³/mol. The van der Waals surface area contributed by atoms with Gasteiger partial charge in [0.15, 0.2) is 5.13 Å². The molecule has 188 valence electrons. The Hall–Kier alpha value is -3.27. The second kappa shape index (κ2) is 11.2. The zero-order valence-electron chi connectivity index (χ0n) is 20.5. The van der Waals surface area contributed by atoms with Crippen LogP contribution in [0.5, 0.6) is 5.75 Å². The molecule has 9 heteroatoms. The third kappa shape index (κ3) is 5.59. The number of aromatic nitrogens is 1. The van der Waals surface area contributed by atoms with Crippen LogP contribution in [0.1, 0.15) is 36.7 Å². The van der Waals surface area contributed by atoms with E-state index in [4.69, 9.17) is 4.74 Å². The lowest BCUT2D eigenvalue weighted by Gasteiger charge is -2.20. The highest BCUT2D eigenvalue weighted by atomic mass is 32.2. The Bertz CT molecular complexity index is 1430. The number of rotatable bonds is 10. The minimum atomic E-state index is -3.71. The Morgan fingerprint density at radius 2 is 1.61 bits per heavy atom. The third-order valence-corrected chi connectivity index (χ3v) is 8.89. The number of sulfonamides is 1. The summed E-state index contributed by atoms with van der Waals surface area (Å²) in [5.41, 5.74) is 2.03. The molecule has 4 rings (SSSR count). The summed E-state index contributed by atoms with van der Waals surface area (Å²) in [6.07, 6.45) is 0. The molecule has 3 aromatic carbocycles. The standard InChI is InChI=1S/C27H29N3O4S2/c1-4-29(5-2)27-28-24-17-14-22(18-25(24)35-27)34-26(31)21-12-15-23(16-13-21)36(32,33)30(6-3)19-20-10-8-7-9-11-20/h7-18H,4-6,19H2,1-3H3. The molecule has 1 aromatic heterocycles. The van der Waals surface area contributed by atoms with Gasteiger partial charge in [0.05, 0.1) is 20.7 Å². The van der Waals surface area contributed by atoms with E-state index < -0.39 is 16.0 Å². The molecule has 0 spiro atoms. The van der Waals surface area contributed by atoms with Gasteiger partial charge >= 0.3 is 5.97 Å². The fraction of sp³-hybridized carbons (Fsp3) is 0.259. The number of carbonyl (C=O) groups is 1. The highest BCUT2D eigenvalue weighted by Crippen LogP contribution is 2.31. The fourth-order valence-electron chi connectivity index (χ4n) is 3.82. The lowest BCUT2D eigenvalue weighted by molar-refractivity contribution is 0.0735. The van der Waals surface area contributed by atoms with Gasteiger partial charge in [-0.2, -0.15) is 4.31 Å². The summed E-state index contributed by atoms with van der Waals surface area (Å²) in [6.45, 7) is 8.32. The molecular formula is C27H29N3O4S2. The number of anilines is 1. The van der Waals surface area contributed by atoms with Gasteiger partial charge in [-0.25, -0.2) is 18.2 Å². The van der Waals surface area contributed by atoms with Crippen molar-refractivity contribution >= 4 is 42.7 Å². The van der Waals surface area contributed by atoms with E-state index in [9.17, 15) is 13.2 Å². The van der Waals surface area contributed by atoms with Gasteiger partial charge in [-0.1, -0.05) is 48.6 Å². The molecule has 0 bridgehead atoms. The molecule has 0 amide bonds. The average Bonchev–Trinajstić information content (AvgIpc) is 3.31. The van der Waals surface area contributed by atoms with E-state index >= 15 is 0 Å². The van der Waals surface area contributed by atoms with Gasteiger partial charge in [-0.3, -0.25) is 0 Å². The number of esters is 1. The molecule has 0 radical (unpaired) electrons. The van der Waals surface area contributed by atoms with E-state index in [1.807, 2.05) is 36.4 Å². The minimum Gasteiger partial charge on any atom is -0.423 e. The lowest BCUT2D eigenvalue weighted by atomic mass is 10.2. The highest BCUT2D eigenvalue weighted by Gasteiger charge is 2.24. The summed E-state index contributed by atoms with van der Waals surface area (Å²) >= 11 is 1.55. The summed E-state index contributed by atoms with van der Waals surface area (Å²) in [6, 6.07) is 20.7. The second-order valence-corrected chi connectivity index (χ2v) is 11.1. The second-order valence-electron chi connectivity index (χ2n) is 8.13. The van der Waals surface area contributed by atoms with Crippen molar-refractivity contribution < 1.29 is 17.9 Å². The van der Waals surface area contributed by atoms with Gasteiger partial charge in [0.25, 0.3) is 0 Å². The minimum absolute atomic E-state index is 0.131. The van der Waals surface area contributed by atoms with Crippen molar-refractivity contribution in [2.75, 3.05) is 24.5 Å². The van der Waals surface area contributed by atoms with E-state index in [2.05, 4.69) is 23.7 Å². The zero-order chi connectivity index (χ0) is 25.7. The molecule has 4 aromatic rings. The summed E-state index contributed by atoms with van der Waals surface area (Å²) in [7, 11) is -3.71. The normalized spacial score (nSPS) is 11.7. The molecule has 36 heavy (non-hydrogen) atoms. The lowest BCUT2D eigenvalue weighted by Crippen LogP contribution is -2.30. The number of nitrogens with zero attached hydrogens (tertiary/aromatic N) is 3. The van der Waals surface area contributed by atoms with Crippen molar-refractivity contribution in [1.29, 1.82) is 0 Å². The highest BCUT2D eigenvalue weighted by molar-refractivity contribution is 7.89. The smallest absolute Gasteiger partial charge is 0.343 e. The monoisotopic (exact) mass is 523 g/mol. The van der Waals surface area contributed by atoms with Crippen LogP contribution in [0.2, 0.25) is 0 Å². The van der Waals surface area contributed by atoms with E-state index in [0.29, 0.717) is 12.3 Å². The van der Waals surface area contributed by atoms with Crippen LogP contribution in [-0.2, 0) is 16.6 Å². The molecule has 0 unspecified atom stereocenters. The fourth-order valence-corrected chi connectivity index (χ4v) is 6.38. The molecule has 0 saturated carbocycles. The Kier molecular flexibility index (Phi) is 8.03. The van der Waals surface area contributed by atoms with Crippen LogP contribution in [0.25, 0.3) is 10.2 Å². The first-order valence-corrected chi connectivity index (χ1v) is 14.1. The number of fused-ring (bicyclic) bond motifs is 1. The molecule has 1 heterocycles. The number of benzene rings is 3. The predicted octanol–water partition coefficient (Wildman–Crippen LogP) is 5.57. The molecule has 0 atom stereocenters. The summed E-state index contributed by atoms with van der Waals surface area (Å²) in [4.78, 5) is 19.7. The number of thiazole rings is 1. The van der Waals surface area contributed by atoms with Crippen LogP contribution in [-0.4, -0.2) is 43.3 Å². The van der Waals surface area contributed by atoms with Crippen molar-refractivity contribution in [3.8, 4) is 5.75 Å². The molecule has 7 nitrogen and oxygen atoms in total. The van der Waals surface area contributed by atoms with Crippen LogP contribution in [0.4, 0.5) is 5.13 Å². The van der Waals surface area contributed by atoms with Gasteiger partial charge in [-0.05, 0) is 55.8 Å². The van der Waals surface area contributed by atoms with Crippen molar-refractivity contribution in [2.45, 2.75) is 32.2 Å². The van der Waals surface area contributed by atoms with E-state index in [1.165, 1.54) is 28.6 Å². The van der Waals surface area contributed by atoms with Crippen LogP contribution in [0, 0.1) is 0 Å². The first-order chi connectivity index (χ1) is 17.3. The van der Waals surface area contributed by atoms with Crippen molar-refractivity contribution in [1.82, 2.24) is 9.29 Å². The molecule has 0 saturated heterocycles. The van der Waals surface area contributed by atoms with Crippen LogP contribution in [0.3, 0.4) is 0 Å². The van der Waals surface area contributed by atoms with Crippen molar-refractivity contribution in [2.24, 2.45) is 0 Å².